The van der Waals surface area contributed by atoms with Gasteiger partial charge in [-0.3, -0.25) is 0 Å². The monoisotopic (exact) mass is 326 g/mol. The molecule has 0 saturated carbocycles. The summed E-state index contributed by atoms with van der Waals surface area (Å²) >= 11 is 1.67. The lowest BCUT2D eigenvalue weighted by Gasteiger charge is -2.13. The fourth-order valence-electron chi connectivity index (χ4n) is 1.93. The first-order chi connectivity index (χ1) is 9.90. The molecule has 0 aliphatic heterocycles. The molecule has 0 aromatic carbocycles. The first-order valence-electron chi connectivity index (χ1n) is 6.41. The van der Waals surface area contributed by atoms with E-state index in [-0.39, 0.29) is 10.9 Å². The van der Waals surface area contributed by atoms with Gasteiger partial charge in [0.1, 0.15) is 5.82 Å². The quantitative estimate of drug-likeness (QED) is 0.554. The van der Waals surface area contributed by atoms with Gasteiger partial charge in [-0.1, -0.05) is 0 Å². The van der Waals surface area contributed by atoms with Crippen molar-refractivity contribution >= 4 is 27.2 Å². The fraction of sp³-hybridized carbons (Fsp3) is 0.308. The minimum atomic E-state index is -3.59. The van der Waals surface area contributed by atoms with Crippen LogP contribution >= 0.6 is 11.3 Å². The Morgan fingerprint density at radius 2 is 2.14 bits per heavy atom. The van der Waals surface area contributed by atoms with Gasteiger partial charge in [0.25, 0.3) is 0 Å². The molecule has 114 valence electrons. The van der Waals surface area contributed by atoms with E-state index in [1.165, 1.54) is 23.2 Å². The second-order valence-electron chi connectivity index (χ2n) is 4.76. The zero-order valence-corrected chi connectivity index (χ0v) is 13.5. The Hall–Kier alpha value is -1.48. The van der Waals surface area contributed by atoms with Crippen LogP contribution < -0.4 is 16.0 Å². The number of sulfonamides is 1. The number of nitrogens with two attached hydrogens (primary N) is 1. The molecule has 0 amide bonds. The molecule has 1 atom stereocenters. The molecule has 6 nitrogen and oxygen atoms in total. The highest BCUT2D eigenvalue weighted by Crippen LogP contribution is 2.18. The van der Waals surface area contributed by atoms with Gasteiger partial charge in [-0.15, -0.1) is 11.3 Å². The molecule has 0 bridgehead atoms. The number of hydrogen-bond acceptors (Lipinski definition) is 6. The van der Waals surface area contributed by atoms with E-state index in [2.05, 4.69) is 15.1 Å². The molecule has 0 aliphatic rings. The summed E-state index contributed by atoms with van der Waals surface area (Å²) in [4.78, 5) is 6.40. The molecule has 0 saturated heterocycles. The molecule has 0 radical (unpaired) electrons. The zero-order chi connectivity index (χ0) is 15.5. The summed E-state index contributed by atoms with van der Waals surface area (Å²) in [6.45, 7) is 3.87. The van der Waals surface area contributed by atoms with Crippen molar-refractivity contribution in [3.63, 3.8) is 0 Å². The Kier molecular flexibility index (Phi) is 4.94. The van der Waals surface area contributed by atoms with Crippen LogP contribution in [0.4, 0.5) is 5.82 Å². The van der Waals surface area contributed by atoms with E-state index < -0.39 is 10.0 Å². The number of rotatable bonds is 6. The van der Waals surface area contributed by atoms with E-state index in [1.807, 2.05) is 26.0 Å². The van der Waals surface area contributed by atoms with E-state index in [0.29, 0.717) is 12.2 Å². The van der Waals surface area contributed by atoms with Crippen LogP contribution in [-0.2, 0) is 16.4 Å². The molecule has 0 spiro atoms. The molecule has 0 fully saturated rings. The molecule has 1 unspecified atom stereocenters. The van der Waals surface area contributed by atoms with Crippen LogP contribution in [0.3, 0.4) is 0 Å². The molecule has 2 aromatic rings. The van der Waals surface area contributed by atoms with E-state index in [0.717, 1.165) is 4.88 Å². The van der Waals surface area contributed by atoms with E-state index >= 15 is 0 Å². The summed E-state index contributed by atoms with van der Waals surface area (Å²) in [6, 6.07) is 6.68. The van der Waals surface area contributed by atoms with Gasteiger partial charge in [-0.2, -0.15) is 0 Å². The third kappa shape index (κ3) is 4.24. The summed E-state index contributed by atoms with van der Waals surface area (Å²) in [5.74, 6) is 5.55. The number of nitrogen functional groups attached to an aromatic ring is 1. The van der Waals surface area contributed by atoms with Crippen molar-refractivity contribution in [1.82, 2.24) is 9.71 Å². The van der Waals surface area contributed by atoms with Crippen LogP contribution in [0.2, 0.25) is 0 Å². The third-order valence-corrected chi connectivity index (χ3v) is 5.46. The summed E-state index contributed by atoms with van der Waals surface area (Å²) in [7, 11) is -3.59. The molecule has 2 aromatic heterocycles. The first-order valence-corrected chi connectivity index (χ1v) is 8.71. The Labute approximate surface area is 128 Å². The van der Waals surface area contributed by atoms with Crippen molar-refractivity contribution in [2.24, 2.45) is 5.84 Å². The minimum Gasteiger partial charge on any atom is -0.308 e. The van der Waals surface area contributed by atoms with Crippen molar-refractivity contribution in [3.8, 4) is 0 Å². The number of nitrogens with one attached hydrogen (secondary N) is 2. The van der Waals surface area contributed by atoms with Crippen molar-refractivity contribution < 1.29 is 8.42 Å². The number of pyridine rings is 1. The molecule has 21 heavy (non-hydrogen) atoms. The van der Waals surface area contributed by atoms with Gasteiger partial charge < -0.3 is 5.43 Å². The fourth-order valence-corrected chi connectivity index (χ4v) is 4.20. The number of nitrogens with zero attached hydrogens (tertiary/aromatic N) is 1. The lowest BCUT2D eigenvalue weighted by Crippen LogP contribution is -2.34. The Morgan fingerprint density at radius 1 is 1.38 bits per heavy atom. The summed E-state index contributed by atoms with van der Waals surface area (Å²) < 4.78 is 27.3. The Bertz CT molecular complexity index is 712. The first kappa shape index (κ1) is 15.9. The van der Waals surface area contributed by atoms with Crippen LogP contribution in [0.15, 0.2) is 35.4 Å². The van der Waals surface area contributed by atoms with Gasteiger partial charge in [-0.05, 0) is 38.5 Å². The number of hydrogen-bond donors (Lipinski definition) is 3. The van der Waals surface area contributed by atoms with Gasteiger partial charge in [0.05, 0.1) is 4.90 Å². The largest absolute Gasteiger partial charge is 0.308 e. The van der Waals surface area contributed by atoms with E-state index in [9.17, 15) is 8.42 Å². The predicted octanol–water partition coefficient (Wildman–Crippen LogP) is 1.65. The third-order valence-electron chi connectivity index (χ3n) is 2.85. The molecule has 4 N–H and O–H groups in total. The highest BCUT2D eigenvalue weighted by atomic mass is 32.2. The van der Waals surface area contributed by atoms with Crippen LogP contribution in [0.1, 0.15) is 16.7 Å². The van der Waals surface area contributed by atoms with Crippen molar-refractivity contribution in [2.45, 2.75) is 31.2 Å². The van der Waals surface area contributed by atoms with Gasteiger partial charge in [-0.25, -0.2) is 24.0 Å². The van der Waals surface area contributed by atoms with E-state index in [4.69, 9.17) is 5.84 Å². The predicted molar refractivity (Wildman–Crippen MR) is 84.6 cm³/mol. The maximum atomic E-state index is 12.3. The zero-order valence-electron chi connectivity index (χ0n) is 11.8. The van der Waals surface area contributed by atoms with Crippen molar-refractivity contribution in [1.29, 1.82) is 0 Å². The minimum absolute atomic E-state index is 0.139. The second-order valence-corrected chi connectivity index (χ2v) is 7.85. The van der Waals surface area contributed by atoms with Gasteiger partial charge in [0.2, 0.25) is 10.0 Å². The number of thiophene rings is 1. The maximum Gasteiger partial charge on any atom is 0.241 e. The van der Waals surface area contributed by atoms with Gasteiger partial charge in [0.15, 0.2) is 0 Å². The smallest absolute Gasteiger partial charge is 0.241 e. The summed E-state index contributed by atoms with van der Waals surface area (Å²) in [5, 5.41) is 0. The topological polar surface area (TPSA) is 97.1 Å². The maximum absolute atomic E-state index is 12.3. The van der Waals surface area contributed by atoms with Crippen LogP contribution in [0.25, 0.3) is 0 Å². The SMILES string of the molecule is Cc1ccc(CC(C)NS(=O)(=O)c2ccnc(NN)c2)s1. The molecular formula is C13H18N4O2S2. The van der Waals surface area contributed by atoms with Crippen LogP contribution in [0, 0.1) is 6.92 Å². The lowest BCUT2D eigenvalue weighted by atomic mass is 10.2. The van der Waals surface area contributed by atoms with Crippen molar-refractivity contribution in [2.75, 3.05) is 5.43 Å². The van der Waals surface area contributed by atoms with Crippen LogP contribution in [-0.4, -0.2) is 19.4 Å². The van der Waals surface area contributed by atoms with E-state index in [1.54, 1.807) is 11.3 Å². The highest BCUT2D eigenvalue weighted by molar-refractivity contribution is 7.89. The Morgan fingerprint density at radius 3 is 2.76 bits per heavy atom. The van der Waals surface area contributed by atoms with Crippen molar-refractivity contribution in [3.05, 3.63) is 40.2 Å². The average molecular weight is 326 g/mol. The highest BCUT2D eigenvalue weighted by Gasteiger charge is 2.18. The van der Waals surface area contributed by atoms with Gasteiger partial charge in [0, 0.05) is 28.1 Å². The standard InChI is InChI=1S/C13H18N4O2S2/c1-9(7-11-4-3-10(2)20-11)17-21(18,19)12-5-6-15-13(8-12)16-14/h3-6,8-9,17H,7,14H2,1-2H3,(H,15,16). The normalized spacial score (nSPS) is 13.1. The lowest BCUT2D eigenvalue weighted by molar-refractivity contribution is 0.560. The number of anilines is 1. The number of aryl methyl sites for hydroxylation is 1. The molecule has 8 heteroatoms. The Balaban J connectivity index is 2.09. The second kappa shape index (κ2) is 6.52. The average Bonchev–Trinajstić information content (AvgIpc) is 2.83. The molecule has 2 rings (SSSR count). The van der Waals surface area contributed by atoms with Crippen LogP contribution in [0.5, 0.6) is 0 Å². The summed E-state index contributed by atoms with van der Waals surface area (Å²) in [5.41, 5.74) is 2.33. The molecule has 0 aliphatic carbocycles. The molecule has 2 heterocycles. The number of aromatic nitrogens is 1. The molecular weight excluding hydrogens is 308 g/mol. The summed E-state index contributed by atoms with van der Waals surface area (Å²) in [6.07, 6.45) is 2.06. The van der Waals surface area contributed by atoms with Gasteiger partial charge >= 0.3 is 0 Å². The number of hydrazine groups is 1.